The van der Waals surface area contributed by atoms with E-state index in [4.69, 9.17) is 22.1 Å². The van der Waals surface area contributed by atoms with Gasteiger partial charge in [0.15, 0.2) is 0 Å². The Labute approximate surface area is 105 Å². The highest BCUT2D eigenvalue weighted by atomic mass is 35.5. The monoisotopic (exact) mass is 251 g/mol. The third-order valence-electron chi connectivity index (χ3n) is 2.35. The lowest BCUT2D eigenvalue weighted by Crippen LogP contribution is -2.00. The van der Waals surface area contributed by atoms with Gasteiger partial charge in [-0.05, 0) is 24.6 Å². The summed E-state index contributed by atoms with van der Waals surface area (Å²) in [5, 5.41) is 0.598. The zero-order chi connectivity index (χ0) is 12.3. The number of ether oxygens (including phenoxy) is 1. The summed E-state index contributed by atoms with van der Waals surface area (Å²) in [6.45, 7) is 2.78. The van der Waals surface area contributed by atoms with Crippen molar-refractivity contribution in [1.29, 1.82) is 0 Å². The number of nitrogens with zero attached hydrogens (tertiary/aromatic N) is 1. The molecule has 3 N–H and O–H groups in total. The van der Waals surface area contributed by atoms with E-state index >= 15 is 0 Å². The van der Waals surface area contributed by atoms with Crippen molar-refractivity contribution in [2.24, 2.45) is 5.73 Å². The minimum atomic E-state index is 0.350. The van der Waals surface area contributed by atoms with Gasteiger partial charge in [0, 0.05) is 18.4 Å². The Hall–Kier alpha value is -1.52. The molecule has 90 valence electrons. The maximum Gasteiger partial charge on any atom is 0.146 e. The van der Waals surface area contributed by atoms with Gasteiger partial charge < -0.3 is 15.5 Å². The number of nitrogens with one attached hydrogen (secondary N) is 1. The van der Waals surface area contributed by atoms with Gasteiger partial charge in [-0.3, -0.25) is 0 Å². The number of aromatic amines is 1. The molecule has 0 aliphatic heterocycles. The van der Waals surface area contributed by atoms with Gasteiger partial charge in [0.2, 0.25) is 0 Å². The quantitative estimate of drug-likeness (QED) is 0.877. The van der Waals surface area contributed by atoms with Gasteiger partial charge in [0.1, 0.15) is 18.2 Å². The van der Waals surface area contributed by atoms with Crippen LogP contribution in [0.15, 0.2) is 24.4 Å². The lowest BCUT2D eigenvalue weighted by molar-refractivity contribution is 0.297. The SMILES string of the molecule is Cc1ccc(Cl)c(OCc2ncc(CN)[nH]2)c1. The van der Waals surface area contributed by atoms with Crippen LogP contribution >= 0.6 is 11.6 Å². The molecule has 0 amide bonds. The molecule has 0 aliphatic rings. The van der Waals surface area contributed by atoms with E-state index in [1.165, 1.54) is 0 Å². The molecule has 0 saturated carbocycles. The summed E-state index contributed by atoms with van der Waals surface area (Å²) in [4.78, 5) is 7.21. The van der Waals surface area contributed by atoms with Crippen molar-refractivity contribution in [3.63, 3.8) is 0 Å². The molecule has 0 bridgehead atoms. The summed E-state index contributed by atoms with van der Waals surface area (Å²) in [6.07, 6.45) is 1.70. The van der Waals surface area contributed by atoms with E-state index in [2.05, 4.69) is 9.97 Å². The Morgan fingerprint density at radius 3 is 3.00 bits per heavy atom. The van der Waals surface area contributed by atoms with Gasteiger partial charge >= 0.3 is 0 Å². The fourth-order valence-corrected chi connectivity index (χ4v) is 1.62. The number of aryl methyl sites for hydroxylation is 1. The van der Waals surface area contributed by atoms with E-state index in [-0.39, 0.29) is 0 Å². The fraction of sp³-hybridized carbons (Fsp3) is 0.250. The Kier molecular flexibility index (Phi) is 3.66. The summed E-state index contributed by atoms with van der Waals surface area (Å²) in [5.74, 6) is 1.40. The highest BCUT2D eigenvalue weighted by molar-refractivity contribution is 6.32. The third-order valence-corrected chi connectivity index (χ3v) is 2.66. The molecule has 0 unspecified atom stereocenters. The Morgan fingerprint density at radius 1 is 1.47 bits per heavy atom. The van der Waals surface area contributed by atoms with E-state index in [1.54, 1.807) is 6.20 Å². The first-order valence-electron chi connectivity index (χ1n) is 5.31. The van der Waals surface area contributed by atoms with Crippen molar-refractivity contribution < 1.29 is 4.74 Å². The highest BCUT2D eigenvalue weighted by Gasteiger charge is 2.04. The third kappa shape index (κ3) is 2.99. The molecule has 2 aromatic rings. The molecular weight excluding hydrogens is 238 g/mol. The van der Waals surface area contributed by atoms with Crippen molar-refractivity contribution in [2.75, 3.05) is 0 Å². The van der Waals surface area contributed by atoms with Crippen LogP contribution in [0.4, 0.5) is 0 Å². The van der Waals surface area contributed by atoms with E-state index in [1.807, 2.05) is 25.1 Å². The van der Waals surface area contributed by atoms with E-state index in [9.17, 15) is 0 Å². The van der Waals surface area contributed by atoms with Crippen LogP contribution in [0.25, 0.3) is 0 Å². The largest absolute Gasteiger partial charge is 0.484 e. The standard InChI is InChI=1S/C12H14ClN3O/c1-8-2-3-10(13)11(4-8)17-7-12-15-6-9(5-14)16-12/h2-4,6H,5,7,14H2,1H3,(H,15,16). The topological polar surface area (TPSA) is 63.9 Å². The maximum atomic E-state index is 6.02. The molecule has 1 aromatic carbocycles. The van der Waals surface area contributed by atoms with Crippen LogP contribution in [0.2, 0.25) is 5.02 Å². The van der Waals surface area contributed by atoms with Crippen molar-refractivity contribution in [3.05, 3.63) is 46.5 Å². The summed E-state index contributed by atoms with van der Waals surface area (Å²) in [6, 6.07) is 5.66. The van der Waals surface area contributed by atoms with Crippen LogP contribution in [0.1, 0.15) is 17.1 Å². The Balaban J connectivity index is 2.04. The maximum absolute atomic E-state index is 6.02. The number of aromatic nitrogens is 2. The molecule has 4 nitrogen and oxygen atoms in total. The molecule has 1 aromatic heterocycles. The first-order chi connectivity index (χ1) is 8.19. The smallest absolute Gasteiger partial charge is 0.146 e. The summed E-state index contributed by atoms with van der Waals surface area (Å²) in [7, 11) is 0. The second kappa shape index (κ2) is 5.21. The second-order valence-electron chi connectivity index (χ2n) is 3.78. The summed E-state index contributed by atoms with van der Waals surface area (Å²) >= 11 is 6.02. The average Bonchev–Trinajstić information content (AvgIpc) is 2.78. The molecule has 0 fully saturated rings. The number of benzene rings is 1. The van der Waals surface area contributed by atoms with Gasteiger partial charge in [-0.1, -0.05) is 17.7 Å². The molecule has 0 radical (unpaired) electrons. The molecule has 17 heavy (non-hydrogen) atoms. The molecule has 0 atom stereocenters. The molecule has 5 heteroatoms. The van der Waals surface area contributed by atoms with Crippen molar-refractivity contribution in [1.82, 2.24) is 9.97 Å². The Morgan fingerprint density at radius 2 is 2.29 bits per heavy atom. The number of halogens is 1. The van der Waals surface area contributed by atoms with Crippen LogP contribution in [-0.4, -0.2) is 9.97 Å². The van der Waals surface area contributed by atoms with Crippen LogP contribution in [0.5, 0.6) is 5.75 Å². The number of imidazole rings is 1. The number of H-pyrrole nitrogens is 1. The van der Waals surface area contributed by atoms with Crippen LogP contribution in [-0.2, 0) is 13.2 Å². The summed E-state index contributed by atoms with van der Waals surface area (Å²) < 4.78 is 5.59. The van der Waals surface area contributed by atoms with E-state index < -0.39 is 0 Å². The first kappa shape index (κ1) is 12.0. The van der Waals surface area contributed by atoms with Crippen LogP contribution in [0.3, 0.4) is 0 Å². The number of rotatable bonds is 4. The van der Waals surface area contributed by atoms with Crippen molar-refractivity contribution in [3.8, 4) is 5.75 Å². The predicted molar refractivity (Wildman–Crippen MR) is 67.0 cm³/mol. The Bertz CT molecular complexity index is 510. The summed E-state index contributed by atoms with van der Waals surface area (Å²) in [5.41, 5.74) is 7.47. The van der Waals surface area contributed by atoms with Gasteiger partial charge in [0.25, 0.3) is 0 Å². The first-order valence-corrected chi connectivity index (χ1v) is 5.68. The normalized spacial score (nSPS) is 10.5. The molecule has 1 heterocycles. The zero-order valence-electron chi connectivity index (χ0n) is 9.53. The minimum absolute atomic E-state index is 0.350. The molecule has 2 rings (SSSR count). The van der Waals surface area contributed by atoms with Gasteiger partial charge in [0.05, 0.1) is 5.02 Å². The average molecular weight is 252 g/mol. The van der Waals surface area contributed by atoms with E-state index in [0.717, 1.165) is 17.1 Å². The number of hydrogen-bond acceptors (Lipinski definition) is 3. The van der Waals surface area contributed by atoms with Gasteiger partial charge in [-0.2, -0.15) is 0 Å². The van der Waals surface area contributed by atoms with Crippen LogP contribution in [0, 0.1) is 6.92 Å². The predicted octanol–water partition coefficient (Wildman–Crippen LogP) is 2.41. The highest BCUT2D eigenvalue weighted by Crippen LogP contribution is 2.25. The van der Waals surface area contributed by atoms with E-state index in [0.29, 0.717) is 23.9 Å². The van der Waals surface area contributed by atoms with Gasteiger partial charge in [-0.25, -0.2) is 4.98 Å². The molecular formula is C12H14ClN3O. The van der Waals surface area contributed by atoms with Gasteiger partial charge in [-0.15, -0.1) is 0 Å². The fourth-order valence-electron chi connectivity index (χ4n) is 1.45. The van der Waals surface area contributed by atoms with Crippen LogP contribution < -0.4 is 10.5 Å². The van der Waals surface area contributed by atoms with Crippen molar-refractivity contribution in [2.45, 2.75) is 20.1 Å². The van der Waals surface area contributed by atoms with Crippen molar-refractivity contribution >= 4 is 11.6 Å². The number of hydrogen-bond donors (Lipinski definition) is 2. The lowest BCUT2D eigenvalue weighted by Gasteiger charge is -2.07. The molecule has 0 aliphatic carbocycles. The number of nitrogens with two attached hydrogens (primary N) is 1. The molecule has 0 spiro atoms. The zero-order valence-corrected chi connectivity index (χ0v) is 10.3. The lowest BCUT2D eigenvalue weighted by atomic mass is 10.2. The molecule has 0 saturated heterocycles. The minimum Gasteiger partial charge on any atom is -0.484 e. The second-order valence-corrected chi connectivity index (χ2v) is 4.19.